The summed E-state index contributed by atoms with van der Waals surface area (Å²) < 4.78 is 0. The van der Waals surface area contributed by atoms with Crippen LogP contribution in [0.4, 0.5) is 5.69 Å². The first-order chi connectivity index (χ1) is 4.30. The summed E-state index contributed by atoms with van der Waals surface area (Å²) in [7, 11) is 0. The third-order valence-electron chi connectivity index (χ3n) is 0.967. The Balaban J connectivity index is 0. The summed E-state index contributed by atoms with van der Waals surface area (Å²) in [4.78, 5) is 9.59. The standard InChI is InChI=1S/C6H5NO2.Li.H/c8-7(9)6-4-2-1-3-5-6;;/h1-5H;;/q;+1;-1. The molecule has 0 aromatic heterocycles. The quantitative estimate of drug-likeness (QED) is 0.270. The molecular formula is C6H6LiNO2. The Bertz CT molecular complexity index is 217. The van der Waals surface area contributed by atoms with E-state index in [-0.39, 0.29) is 26.0 Å². The number of nitrogens with zero attached hydrogens (tertiary/aromatic N) is 1. The molecule has 48 valence electrons. The summed E-state index contributed by atoms with van der Waals surface area (Å²) in [6.07, 6.45) is 0. The van der Waals surface area contributed by atoms with Crippen LogP contribution >= 0.6 is 0 Å². The number of para-hydroxylation sites is 1. The van der Waals surface area contributed by atoms with Crippen molar-refractivity contribution in [2.45, 2.75) is 0 Å². The minimum absolute atomic E-state index is 0. The van der Waals surface area contributed by atoms with E-state index in [1.54, 1.807) is 18.2 Å². The van der Waals surface area contributed by atoms with Crippen LogP contribution in [0.1, 0.15) is 1.43 Å². The van der Waals surface area contributed by atoms with Crippen LogP contribution in [0.2, 0.25) is 0 Å². The fourth-order valence-corrected chi connectivity index (χ4v) is 0.550. The van der Waals surface area contributed by atoms with E-state index in [9.17, 15) is 10.1 Å². The van der Waals surface area contributed by atoms with Crippen LogP contribution in [-0.2, 0) is 0 Å². The molecule has 0 amide bonds. The van der Waals surface area contributed by atoms with Gasteiger partial charge in [0, 0.05) is 12.1 Å². The molecule has 1 aromatic carbocycles. The monoisotopic (exact) mass is 131 g/mol. The van der Waals surface area contributed by atoms with Crippen molar-refractivity contribution in [3.63, 3.8) is 0 Å². The van der Waals surface area contributed by atoms with Gasteiger partial charge in [0.25, 0.3) is 5.69 Å². The predicted octanol–water partition coefficient (Wildman–Crippen LogP) is -1.29. The van der Waals surface area contributed by atoms with Crippen LogP contribution < -0.4 is 18.9 Å². The Morgan fingerprint density at radius 1 is 1.30 bits per heavy atom. The molecule has 0 heterocycles. The van der Waals surface area contributed by atoms with E-state index in [1.165, 1.54) is 12.1 Å². The van der Waals surface area contributed by atoms with Crippen LogP contribution in [0.3, 0.4) is 0 Å². The molecule has 0 bridgehead atoms. The second kappa shape index (κ2) is 4.10. The van der Waals surface area contributed by atoms with Gasteiger partial charge in [-0.15, -0.1) is 0 Å². The van der Waals surface area contributed by atoms with Gasteiger partial charge < -0.3 is 1.43 Å². The van der Waals surface area contributed by atoms with E-state index in [4.69, 9.17) is 0 Å². The minimum Gasteiger partial charge on any atom is -1.00 e. The van der Waals surface area contributed by atoms with Crippen LogP contribution in [0.25, 0.3) is 0 Å². The van der Waals surface area contributed by atoms with E-state index in [0.29, 0.717) is 0 Å². The normalized spacial score (nSPS) is 8.00. The second-order valence-corrected chi connectivity index (χ2v) is 1.59. The molecule has 1 aromatic rings. The number of non-ortho nitro benzene ring substituents is 1. The molecule has 0 unspecified atom stereocenters. The first-order valence-corrected chi connectivity index (χ1v) is 2.50. The van der Waals surface area contributed by atoms with Crippen molar-refractivity contribution >= 4 is 5.69 Å². The largest absolute Gasteiger partial charge is 1.00 e. The minimum atomic E-state index is -0.417. The number of nitro groups is 1. The molecule has 0 fully saturated rings. The van der Waals surface area contributed by atoms with Gasteiger partial charge in [-0.05, 0) is 0 Å². The van der Waals surface area contributed by atoms with Crippen LogP contribution in [0.15, 0.2) is 30.3 Å². The zero-order valence-corrected chi connectivity index (χ0v) is 5.65. The van der Waals surface area contributed by atoms with Gasteiger partial charge in [-0.25, -0.2) is 0 Å². The van der Waals surface area contributed by atoms with E-state index >= 15 is 0 Å². The number of benzene rings is 1. The van der Waals surface area contributed by atoms with Gasteiger partial charge in [-0.2, -0.15) is 0 Å². The third kappa shape index (κ3) is 2.22. The maximum absolute atomic E-state index is 10.0. The SMILES string of the molecule is O=[N+]([O-])c1ccccc1.[H-].[Li+]. The fraction of sp³-hybridized carbons (Fsp3) is 0. The average molecular weight is 131 g/mol. The van der Waals surface area contributed by atoms with Gasteiger partial charge in [0.2, 0.25) is 0 Å². The smallest absolute Gasteiger partial charge is 1.00 e. The fourth-order valence-electron chi connectivity index (χ4n) is 0.550. The van der Waals surface area contributed by atoms with Crippen molar-refractivity contribution in [1.82, 2.24) is 0 Å². The first kappa shape index (κ1) is 9.22. The molecule has 0 spiro atoms. The zero-order valence-electron chi connectivity index (χ0n) is 6.65. The van der Waals surface area contributed by atoms with Gasteiger partial charge in [0.1, 0.15) is 0 Å². The molecule has 0 saturated carbocycles. The average Bonchev–Trinajstić information content (AvgIpc) is 1.90. The molecule has 0 aliphatic heterocycles. The molecule has 0 saturated heterocycles. The van der Waals surface area contributed by atoms with Crippen molar-refractivity contribution in [2.24, 2.45) is 0 Å². The Labute approximate surface area is 71.9 Å². The zero-order chi connectivity index (χ0) is 6.69. The Kier molecular flexibility index (Phi) is 3.78. The van der Waals surface area contributed by atoms with E-state index in [0.717, 1.165) is 0 Å². The number of nitro benzene ring substituents is 1. The van der Waals surface area contributed by atoms with Crippen LogP contribution in [-0.4, -0.2) is 4.92 Å². The molecule has 0 N–H and O–H groups in total. The van der Waals surface area contributed by atoms with Crippen molar-refractivity contribution in [1.29, 1.82) is 0 Å². The summed E-state index contributed by atoms with van der Waals surface area (Å²) in [5.74, 6) is 0. The molecule has 0 aliphatic rings. The predicted molar refractivity (Wildman–Crippen MR) is 34.2 cm³/mol. The maximum Gasteiger partial charge on any atom is 1.00 e. The first-order valence-electron chi connectivity index (χ1n) is 2.50. The Hall–Kier alpha value is -0.783. The van der Waals surface area contributed by atoms with Crippen molar-refractivity contribution < 1.29 is 25.2 Å². The third-order valence-corrected chi connectivity index (χ3v) is 0.967. The van der Waals surface area contributed by atoms with Crippen LogP contribution in [0, 0.1) is 10.1 Å². The summed E-state index contributed by atoms with van der Waals surface area (Å²) in [5, 5.41) is 10.0. The number of hydrogen-bond acceptors (Lipinski definition) is 2. The van der Waals surface area contributed by atoms with E-state index < -0.39 is 4.92 Å². The molecule has 0 aliphatic carbocycles. The number of hydrogen-bond donors (Lipinski definition) is 0. The molecule has 10 heavy (non-hydrogen) atoms. The summed E-state index contributed by atoms with van der Waals surface area (Å²) in [6, 6.07) is 7.93. The van der Waals surface area contributed by atoms with Crippen molar-refractivity contribution in [3.8, 4) is 0 Å². The van der Waals surface area contributed by atoms with Gasteiger partial charge in [-0.3, -0.25) is 10.1 Å². The Morgan fingerprint density at radius 2 is 1.80 bits per heavy atom. The number of rotatable bonds is 1. The van der Waals surface area contributed by atoms with E-state index in [2.05, 4.69) is 0 Å². The maximum atomic E-state index is 10.0. The molecular weight excluding hydrogens is 125 g/mol. The van der Waals surface area contributed by atoms with Gasteiger partial charge in [0.15, 0.2) is 0 Å². The van der Waals surface area contributed by atoms with Gasteiger partial charge in [0.05, 0.1) is 4.92 Å². The van der Waals surface area contributed by atoms with Crippen molar-refractivity contribution in [2.75, 3.05) is 0 Å². The molecule has 0 radical (unpaired) electrons. The summed E-state index contributed by atoms with van der Waals surface area (Å²) in [6.45, 7) is 0. The van der Waals surface area contributed by atoms with Crippen molar-refractivity contribution in [3.05, 3.63) is 40.4 Å². The second-order valence-electron chi connectivity index (χ2n) is 1.59. The van der Waals surface area contributed by atoms with Gasteiger partial charge >= 0.3 is 18.9 Å². The Morgan fingerprint density at radius 3 is 2.10 bits per heavy atom. The molecule has 1 rings (SSSR count). The van der Waals surface area contributed by atoms with Crippen LogP contribution in [0.5, 0.6) is 0 Å². The van der Waals surface area contributed by atoms with Gasteiger partial charge in [-0.1, -0.05) is 18.2 Å². The molecule has 3 nitrogen and oxygen atoms in total. The van der Waals surface area contributed by atoms with E-state index in [1.807, 2.05) is 0 Å². The molecule has 0 atom stereocenters. The topological polar surface area (TPSA) is 43.1 Å². The summed E-state index contributed by atoms with van der Waals surface area (Å²) >= 11 is 0. The summed E-state index contributed by atoms with van der Waals surface area (Å²) in [5.41, 5.74) is 0.137. The molecule has 4 heteroatoms.